The molecule has 0 atom stereocenters. The third-order valence-electron chi connectivity index (χ3n) is 3.85. The molecular weight excluding hydrogens is 324 g/mol. The van der Waals surface area contributed by atoms with E-state index < -0.39 is 5.97 Å². The Kier molecular flexibility index (Phi) is 6.27. The molecule has 1 aromatic rings. The van der Waals surface area contributed by atoms with Crippen molar-refractivity contribution in [1.82, 2.24) is 4.90 Å². The van der Waals surface area contributed by atoms with Gasteiger partial charge in [0.05, 0.1) is 0 Å². The first kappa shape index (κ1) is 18.6. The summed E-state index contributed by atoms with van der Waals surface area (Å²) in [4.78, 5) is 48.2. The van der Waals surface area contributed by atoms with Crippen molar-refractivity contribution < 1.29 is 23.9 Å². The summed E-state index contributed by atoms with van der Waals surface area (Å²) in [5.74, 6) is -1.25. The predicted octanol–water partition coefficient (Wildman–Crippen LogP) is 1.63. The number of nitrogens with zero attached hydrogens (tertiary/aromatic N) is 1. The van der Waals surface area contributed by atoms with Crippen LogP contribution in [-0.4, -0.2) is 48.2 Å². The Morgan fingerprint density at radius 1 is 1.20 bits per heavy atom. The molecule has 2 amide bonds. The Morgan fingerprint density at radius 2 is 1.88 bits per heavy atom. The summed E-state index contributed by atoms with van der Waals surface area (Å²) in [6, 6.07) is 6.38. The normalized spacial score (nSPS) is 13.9. The van der Waals surface area contributed by atoms with E-state index in [1.165, 1.54) is 4.90 Å². The zero-order valence-electron chi connectivity index (χ0n) is 14.4. The summed E-state index contributed by atoms with van der Waals surface area (Å²) >= 11 is 0. The number of rotatable bonds is 7. The summed E-state index contributed by atoms with van der Waals surface area (Å²) in [5.41, 5.74) is 0.979. The lowest BCUT2D eigenvalue weighted by atomic mass is 10.1. The second-order valence-electron chi connectivity index (χ2n) is 6.22. The van der Waals surface area contributed by atoms with Crippen molar-refractivity contribution >= 4 is 29.3 Å². The molecule has 0 bridgehead atoms. The van der Waals surface area contributed by atoms with Crippen LogP contribution in [-0.2, 0) is 19.1 Å². The summed E-state index contributed by atoms with van der Waals surface area (Å²) in [5, 5.41) is 2.73. The maximum absolute atomic E-state index is 12.0. The monoisotopic (exact) mass is 346 g/mol. The first-order valence-corrected chi connectivity index (χ1v) is 8.24. The van der Waals surface area contributed by atoms with Crippen LogP contribution >= 0.6 is 0 Å². The van der Waals surface area contributed by atoms with Crippen molar-refractivity contribution in [3.63, 3.8) is 0 Å². The maximum Gasteiger partial charge on any atom is 0.326 e. The van der Waals surface area contributed by atoms with Gasteiger partial charge in [-0.1, -0.05) is 13.8 Å². The third-order valence-corrected chi connectivity index (χ3v) is 3.85. The molecule has 7 nitrogen and oxygen atoms in total. The number of hydrogen-bond acceptors (Lipinski definition) is 5. The minimum atomic E-state index is -0.593. The predicted molar refractivity (Wildman–Crippen MR) is 91.0 cm³/mol. The number of anilines is 1. The van der Waals surface area contributed by atoms with Crippen LogP contribution in [0.2, 0.25) is 0 Å². The van der Waals surface area contributed by atoms with E-state index >= 15 is 0 Å². The van der Waals surface area contributed by atoms with Crippen molar-refractivity contribution in [2.75, 3.05) is 25.0 Å². The van der Waals surface area contributed by atoms with Crippen LogP contribution in [0, 0.1) is 5.92 Å². The highest BCUT2D eigenvalue weighted by molar-refractivity contribution is 5.99. The van der Waals surface area contributed by atoms with Gasteiger partial charge in [0.1, 0.15) is 6.54 Å². The zero-order chi connectivity index (χ0) is 18.4. The molecule has 2 rings (SSSR count). The third kappa shape index (κ3) is 5.41. The lowest BCUT2D eigenvalue weighted by Gasteiger charge is -2.14. The highest BCUT2D eigenvalue weighted by atomic mass is 16.5. The van der Waals surface area contributed by atoms with Gasteiger partial charge in [0.2, 0.25) is 11.8 Å². The fraction of sp³-hybridized carbons (Fsp3) is 0.444. The molecule has 0 unspecified atom stereocenters. The number of esters is 1. The van der Waals surface area contributed by atoms with E-state index in [0.29, 0.717) is 24.2 Å². The first-order valence-electron chi connectivity index (χ1n) is 8.24. The van der Waals surface area contributed by atoms with Crippen molar-refractivity contribution in [3.8, 4) is 0 Å². The largest absolute Gasteiger partial charge is 0.456 e. The topological polar surface area (TPSA) is 92.8 Å². The van der Waals surface area contributed by atoms with E-state index in [1.54, 1.807) is 38.1 Å². The lowest BCUT2D eigenvalue weighted by molar-refractivity contribution is -0.147. The number of ether oxygens (including phenoxy) is 1. The molecule has 1 aliphatic heterocycles. The van der Waals surface area contributed by atoms with Crippen LogP contribution < -0.4 is 5.32 Å². The number of amides is 2. The molecule has 0 saturated carbocycles. The molecule has 0 aliphatic carbocycles. The van der Waals surface area contributed by atoms with Crippen LogP contribution in [0.3, 0.4) is 0 Å². The summed E-state index contributed by atoms with van der Waals surface area (Å²) in [6.07, 6.45) is 1.19. The van der Waals surface area contributed by atoms with Crippen molar-refractivity contribution in [2.45, 2.75) is 26.7 Å². The first-order chi connectivity index (χ1) is 11.9. The molecule has 25 heavy (non-hydrogen) atoms. The number of likely N-dealkylation sites (tertiary alicyclic amines) is 1. The zero-order valence-corrected chi connectivity index (χ0v) is 14.4. The van der Waals surface area contributed by atoms with Gasteiger partial charge in [0.15, 0.2) is 12.4 Å². The van der Waals surface area contributed by atoms with Gasteiger partial charge in [-0.2, -0.15) is 0 Å². The molecule has 1 heterocycles. The van der Waals surface area contributed by atoms with Crippen LogP contribution in [0.1, 0.15) is 37.0 Å². The second-order valence-corrected chi connectivity index (χ2v) is 6.22. The van der Waals surface area contributed by atoms with Crippen LogP contribution in [0.15, 0.2) is 24.3 Å². The molecule has 1 aromatic carbocycles. The van der Waals surface area contributed by atoms with Crippen molar-refractivity contribution in [1.29, 1.82) is 0 Å². The van der Waals surface area contributed by atoms with E-state index in [1.807, 2.05) is 0 Å². The lowest BCUT2D eigenvalue weighted by Crippen LogP contribution is -2.32. The number of carbonyl (C=O) groups is 4. The van der Waals surface area contributed by atoms with Gasteiger partial charge >= 0.3 is 5.97 Å². The van der Waals surface area contributed by atoms with Gasteiger partial charge in [-0.05, 0) is 30.7 Å². The van der Waals surface area contributed by atoms with E-state index in [0.717, 1.165) is 6.42 Å². The van der Waals surface area contributed by atoms with Gasteiger partial charge in [-0.3, -0.25) is 19.2 Å². The number of ketones is 1. The Bertz CT molecular complexity index is 667. The van der Waals surface area contributed by atoms with Crippen molar-refractivity contribution in [2.24, 2.45) is 5.92 Å². The van der Waals surface area contributed by atoms with E-state index in [9.17, 15) is 19.2 Å². The molecule has 134 valence electrons. The molecule has 0 radical (unpaired) electrons. The van der Waals surface area contributed by atoms with E-state index in [-0.39, 0.29) is 36.7 Å². The molecular formula is C18H22N2O5. The highest BCUT2D eigenvalue weighted by Gasteiger charge is 2.23. The number of carbonyl (C=O) groups excluding carboxylic acids is 4. The Labute approximate surface area is 146 Å². The quantitative estimate of drug-likeness (QED) is 0.598. The van der Waals surface area contributed by atoms with Crippen molar-refractivity contribution in [3.05, 3.63) is 29.8 Å². The van der Waals surface area contributed by atoms with Gasteiger partial charge < -0.3 is 15.0 Å². The Balaban J connectivity index is 1.81. The molecule has 1 fully saturated rings. The summed E-state index contributed by atoms with van der Waals surface area (Å²) in [6.45, 7) is 3.63. The molecule has 0 spiro atoms. The highest BCUT2D eigenvalue weighted by Crippen LogP contribution is 2.12. The Morgan fingerprint density at radius 3 is 2.44 bits per heavy atom. The van der Waals surface area contributed by atoms with Gasteiger partial charge in [-0.15, -0.1) is 0 Å². The fourth-order valence-electron chi connectivity index (χ4n) is 2.33. The number of nitrogens with one attached hydrogen (secondary N) is 1. The average molecular weight is 346 g/mol. The number of Topliss-reactive ketones (excluding diaryl/α,β-unsaturated/α-hetero) is 1. The fourth-order valence-corrected chi connectivity index (χ4v) is 2.33. The number of benzene rings is 1. The minimum absolute atomic E-state index is 0.0673. The maximum atomic E-state index is 12.0. The van der Waals surface area contributed by atoms with E-state index in [4.69, 9.17) is 4.74 Å². The minimum Gasteiger partial charge on any atom is -0.456 e. The van der Waals surface area contributed by atoms with Gasteiger partial charge in [-0.25, -0.2) is 0 Å². The molecule has 1 N–H and O–H groups in total. The summed E-state index contributed by atoms with van der Waals surface area (Å²) < 4.78 is 4.94. The van der Waals surface area contributed by atoms with Gasteiger partial charge in [0.25, 0.3) is 0 Å². The molecule has 7 heteroatoms. The molecule has 1 saturated heterocycles. The average Bonchev–Trinajstić information content (AvgIpc) is 2.98. The molecule has 0 aromatic heterocycles. The SMILES string of the molecule is CC(C)C(=O)Nc1ccc(C(=O)COC(=O)CN2CCCC2=O)cc1. The van der Waals surface area contributed by atoms with E-state index in [2.05, 4.69) is 5.32 Å². The second kappa shape index (κ2) is 8.41. The molecule has 1 aliphatic rings. The Hall–Kier alpha value is -2.70. The smallest absolute Gasteiger partial charge is 0.326 e. The summed E-state index contributed by atoms with van der Waals surface area (Å²) in [7, 11) is 0. The van der Waals surface area contributed by atoms with Crippen LogP contribution in [0.25, 0.3) is 0 Å². The van der Waals surface area contributed by atoms with Crippen LogP contribution in [0.4, 0.5) is 5.69 Å². The number of hydrogen-bond donors (Lipinski definition) is 1. The standard InChI is InChI=1S/C18H22N2O5/c1-12(2)18(24)19-14-7-5-13(6-8-14)15(21)11-25-17(23)10-20-9-3-4-16(20)22/h5-8,12H,3-4,9-11H2,1-2H3,(H,19,24). The van der Waals surface area contributed by atoms with Crippen LogP contribution in [0.5, 0.6) is 0 Å². The van der Waals surface area contributed by atoms with Gasteiger partial charge in [0, 0.05) is 30.1 Å².